The first-order valence-corrected chi connectivity index (χ1v) is 9.64. The predicted octanol–water partition coefficient (Wildman–Crippen LogP) is 3.18. The van der Waals surface area contributed by atoms with E-state index < -0.39 is 0 Å². The van der Waals surface area contributed by atoms with E-state index in [0.29, 0.717) is 12.5 Å². The van der Waals surface area contributed by atoms with Gasteiger partial charge in [-0.3, -0.25) is 9.78 Å². The molecule has 1 saturated heterocycles. The molecular formula is C22H29N3O. The lowest BCUT2D eigenvalue weighted by Crippen LogP contribution is -2.49. The minimum absolute atomic E-state index is 0.167. The highest BCUT2D eigenvalue weighted by molar-refractivity contribution is 5.78. The van der Waals surface area contributed by atoms with E-state index in [2.05, 4.69) is 40.2 Å². The topological polar surface area (TPSA) is 36.4 Å². The lowest BCUT2D eigenvalue weighted by atomic mass is 10.0. The van der Waals surface area contributed by atoms with Gasteiger partial charge in [-0.25, -0.2) is 0 Å². The fourth-order valence-corrected chi connectivity index (χ4v) is 3.69. The summed E-state index contributed by atoms with van der Waals surface area (Å²) in [6, 6.07) is 16.7. The lowest BCUT2D eigenvalue weighted by Gasteiger charge is -2.37. The molecule has 1 aliphatic heterocycles. The molecule has 0 saturated carbocycles. The molecule has 2 heterocycles. The van der Waals surface area contributed by atoms with Gasteiger partial charge in [0.15, 0.2) is 0 Å². The van der Waals surface area contributed by atoms with Crippen molar-refractivity contribution >= 4 is 5.91 Å². The van der Waals surface area contributed by atoms with Crippen molar-refractivity contribution < 1.29 is 4.79 Å². The van der Waals surface area contributed by atoms with Gasteiger partial charge in [0.1, 0.15) is 0 Å². The van der Waals surface area contributed by atoms with Crippen LogP contribution in [0.3, 0.4) is 0 Å². The largest absolute Gasteiger partial charge is 0.341 e. The highest BCUT2D eigenvalue weighted by atomic mass is 16.2. The van der Waals surface area contributed by atoms with E-state index in [1.165, 1.54) is 12.0 Å². The Morgan fingerprint density at radius 2 is 2.00 bits per heavy atom. The van der Waals surface area contributed by atoms with Crippen molar-refractivity contribution in [3.63, 3.8) is 0 Å². The number of piperidine rings is 1. The molecule has 4 heteroatoms. The first kappa shape index (κ1) is 18.6. The number of pyridine rings is 1. The zero-order valence-corrected chi connectivity index (χ0v) is 15.7. The van der Waals surface area contributed by atoms with Gasteiger partial charge in [0, 0.05) is 31.5 Å². The molecule has 0 N–H and O–H groups in total. The standard InChI is InChI=1S/C22H29N3O/c1-24(22(26)17-20-12-5-6-14-23-20)21-13-8-16-25(18-21)15-7-11-19-9-3-2-4-10-19/h2-6,9-10,12,14,21H,7-8,11,13,15-18H2,1H3/t21-/m0/s1. The van der Waals surface area contributed by atoms with E-state index in [-0.39, 0.29) is 5.91 Å². The average Bonchev–Trinajstić information content (AvgIpc) is 2.69. The molecule has 0 radical (unpaired) electrons. The Labute approximate surface area is 156 Å². The van der Waals surface area contributed by atoms with Gasteiger partial charge < -0.3 is 9.80 Å². The maximum atomic E-state index is 12.6. The van der Waals surface area contributed by atoms with E-state index in [4.69, 9.17) is 0 Å². The Kier molecular flexibility index (Phi) is 6.78. The summed E-state index contributed by atoms with van der Waals surface area (Å²) in [6.07, 6.45) is 6.69. The number of carbonyl (C=O) groups is 1. The van der Waals surface area contributed by atoms with Crippen molar-refractivity contribution in [2.75, 3.05) is 26.7 Å². The van der Waals surface area contributed by atoms with Gasteiger partial charge >= 0.3 is 0 Å². The van der Waals surface area contributed by atoms with Crippen LogP contribution in [0.1, 0.15) is 30.5 Å². The molecule has 3 rings (SSSR count). The Morgan fingerprint density at radius 1 is 1.19 bits per heavy atom. The number of likely N-dealkylation sites (N-methyl/N-ethyl adjacent to an activating group) is 1. The Balaban J connectivity index is 1.45. The number of rotatable bonds is 7. The molecule has 4 nitrogen and oxygen atoms in total. The molecule has 1 aromatic carbocycles. The summed E-state index contributed by atoms with van der Waals surface area (Å²) in [5.41, 5.74) is 2.25. The maximum absolute atomic E-state index is 12.6. The van der Waals surface area contributed by atoms with Crippen LogP contribution in [0, 0.1) is 0 Å². The molecule has 1 fully saturated rings. The fraction of sp³-hybridized carbons (Fsp3) is 0.455. The highest BCUT2D eigenvalue weighted by Crippen LogP contribution is 2.16. The molecular weight excluding hydrogens is 322 g/mol. The summed E-state index contributed by atoms with van der Waals surface area (Å²) >= 11 is 0. The van der Waals surface area contributed by atoms with Crippen LogP contribution in [0.2, 0.25) is 0 Å². The summed E-state index contributed by atoms with van der Waals surface area (Å²) in [6.45, 7) is 3.24. The zero-order chi connectivity index (χ0) is 18.2. The van der Waals surface area contributed by atoms with E-state index in [9.17, 15) is 4.79 Å². The Morgan fingerprint density at radius 3 is 2.77 bits per heavy atom. The number of nitrogens with zero attached hydrogens (tertiary/aromatic N) is 3. The molecule has 1 amide bonds. The van der Waals surface area contributed by atoms with Gasteiger partial charge in [-0.15, -0.1) is 0 Å². The van der Waals surface area contributed by atoms with Crippen LogP contribution in [-0.2, 0) is 17.6 Å². The summed E-state index contributed by atoms with van der Waals surface area (Å²) in [7, 11) is 1.95. The first-order chi connectivity index (χ1) is 12.7. The summed E-state index contributed by atoms with van der Waals surface area (Å²) in [5.74, 6) is 0.167. The van der Waals surface area contributed by atoms with Crippen LogP contribution in [0.4, 0.5) is 0 Å². The summed E-state index contributed by atoms with van der Waals surface area (Å²) in [5, 5.41) is 0. The molecule has 0 spiro atoms. The number of benzene rings is 1. The minimum Gasteiger partial charge on any atom is -0.341 e. The van der Waals surface area contributed by atoms with Crippen molar-refractivity contribution in [1.82, 2.24) is 14.8 Å². The van der Waals surface area contributed by atoms with Crippen molar-refractivity contribution in [1.29, 1.82) is 0 Å². The predicted molar refractivity (Wildman–Crippen MR) is 105 cm³/mol. The van der Waals surface area contributed by atoms with Gasteiger partial charge in [-0.2, -0.15) is 0 Å². The Hall–Kier alpha value is -2.20. The van der Waals surface area contributed by atoms with Crippen LogP contribution in [0.5, 0.6) is 0 Å². The highest BCUT2D eigenvalue weighted by Gasteiger charge is 2.25. The molecule has 0 aliphatic carbocycles. The molecule has 0 unspecified atom stereocenters. The van der Waals surface area contributed by atoms with Crippen molar-refractivity contribution in [3.05, 3.63) is 66.0 Å². The van der Waals surface area contributed by atoms with Gasteiger partial charge in [0.2, 0.25) is 5.91 Å². The number of amides is 1. The van der Waals surface area contributed by atoms with Crippen molar-refractivity contribution in [2.24, 2.45) is 0 Å². The van der Waals surface area contributed by atoms with E-state index >= 15 is 0 Å². The minimum atomic E-state index is 0.167. The van der Waals surface area contributed by atoms with Crippen LogP contribution >= 0.6 is 0 Å². The summed E-state index contributed by atoms with van der Waals surface area (Å²) < 4.78 is 0. The van der Waals surface area contributed by atoms with Gasteiger partial charge in [0.05, 0.1) is 6.42 Å². The van der Waals surface area contributed by atoms with Gasteiger partial charge in [-0.1, -0.05) is 36.4 Å². The SMILES string of the molecule is CN(C(=O)Cc1ccccn1)[C@H]1CCCN(CCCc2ccccc2)C1. The molecule has 0 bridgehead atoms. The summed E-state index contributed by atoms with van der Waals surface area (Å²) in [4.78, 5) is 21.3. The number of carbonyl (C=O) groups excluding carboxylic acids is 1. The second-order valence-electron chi connectivity index (χ2n) is 7.19. The molecule has 138 valence electrons. The van der Waals surface area contributed by atoms with E-state index in [1.807, 2.05) is 30.1 Å². The molecule has 2 aromatic rings. The number of aromatic nitrogens is 1. The van der Waals surface area contributed by atoms with Crippen LogP contribution in [-0.4, -0.2) is 53.4 Å². The third kappa shape index (κ3) is 5.40. The second-order valence-corrected chi connectivity index (χ2v) is 7.19. The second kappa shape index (κ2) is 9.48. The normalized spacial score (nSPS) is 17.8. The van der Waals surface area contributed by atoms with Crippen molar-refractivity contribution in [2.45, 2.75) is 38.1 Å². The smallest absolute Gasteiger partial charge is 0.228 e. The van der Waals surface area contributed by atoms with Crippen molar-refractivity contribution in [3.8, 4) is 0 Å². The molecule has 1 aliphatic rings. The molecule has 1 atom stereocenters. The van der Waals surface area contributed by atoms with E-state index in [0.717, 1.165) is 44.6 Å². The molecule has 1 aromatic heterocycles. The maximum Gasteiger partial charge on any atom is 0.228 e. The third-order valence-electron chi connectivity index (χ3n) is 5.26. The number of likely N-dealkylation sites (tertiary alicyclic amines) is 1. The van der Waals surface area contributed by atoms with Crippen LogP contribution in [0.15, 0.2) is 54.7 Å². The fourth-order valence-electron chi connectivity index (χ4n) is 3.69. The number of hydrogen-bond acceptors (Lipinski definition) is 3. The lowest BCUT2D eigenvalue weighted by molar-refractivity contribution is -0.132. The first-order valence-electron chi connectivity index (χ1n) is 9.64. The van der Waals surface area contributed by atoms with Crippen LogP contribution in [0.25, 0.3) is 0 Å². The number of aryl methyl sites for hydroxylation is 1. The van der Waals surface area contributed by atoms with Gasteiger partial charge in [0.25, 0.3) is 0 Å². The zero-order valence-electron chi connectivity index (χ0n) is 15.7. The van der Waals surface area contributed by atoms with E-state index in [1.54, 1.807) is 6.20 Å². The third-order valence-corrected chi connectivity index (χ3v) is 5.26. The quantitative estimate of drug-likeness (QED) is 0.769. The monoisotopic (exact) mass is 351 g/mol. The van der Waals surface area contributed by atoms with Crippen LogP contribution < -0.4 is 0 Å². The molecule has 26 heavy (non-hydrogen) atoms. The number of hydrogen-bond donors (Lipinski definition) is 0. The Bertz CT molecular complexity index is 674. The average molecular weight is 351 g/mol. The van der Waals surface area contributed by atoms with Gasteiger partial charge in [-0.05, 0) is 56.5 Å².